The molecule has 0 aliphatic carbocycles. The maximum Gasteiger partial charge on any atom is 0.330 e. The molecule has 0 aliphatic heterocycles. The van der Waals surface area contributed by atoms with Crippen molar-refractivity contribution in [3.8, 4) is 0 Å². The van der Waals surface area contributed by atoms with Gasteiger partial charge in [-0.3, -0.25) is 4.79 Å². The summed E-state index contributed by atoms with van der Waals surface area (Å²) in [5, 5.41) is 18.7. The summed E-state index contributed by atoms with van der Waals surface area (Å²) in [6.07, 6.45) is 1.31. The molecule has 2 aromatic rings. The van der Waals surface area contributed by atoms with Gasteiger partial charge in [0.05, 0.1) is 26.5 Å². The fourth-order valence-electron chi connectivity index (χ4n) is 1.83. The quantitative estimate of drug-likeness (QED) is 0.709. The zero-order valence-electron chi connectivity index (χ0n) is 12.3. The third-order valence-corrected chi connectivity index (χ3v) is 3.04. The number of methoxy groups -OCH3 is 1. The second kappa shape index (κ2) is 7.45. The van der Waals surface area contributed by atoms with Crippen LogP contribution in [0.25, 0.3) is 0 Å². The van der Waals surface area contributed by atoms with Crippen molar-refractivity contribution in [2.75, 3.05) is 13.7 Å². The third kappa shape index (κ3) is 4.10. The Balaban J connectivity index is 2.05. The summed E-state index contributed by atoms with van der Waals surface area (Å²) in [5.41, 5.74) is 0.329. The molecule has 0 bridgehead atoms. The lowest BCUT2D eigenvalue weighted by molar-refractivity contribution is -0.143. The number of ether oxygens (including phenoxy) is 1. The number of benzene rings is 1. The van der Waals surface area contributed by atoms with Gasteiger partial charge in [0.25, 0.3) is 5.91 Å². The summed E-state index contributed by atoms with van der Waals surface area (Å²) in [5.74, 6) is -1.87. The van der Waals surface area contributed by atoms with Crippen LogP contribution in [0.3, 0.4) is 0 Å². The maximum atomic E-state index is 13.6. The van der Waals surface area contributed by atoms with Crippen molar-refractivity contribution in [2.45, 2.75) is 12.6 Å². The lowest BCUT2D eigenvalue weighted by Gasteiger charge is -2.12. The fourth-order valence-corrected chi connectivity index (χ4v) is 1.83. The second-order valence-electron chi connectivity index (χ2n) is 4.62. The number of amides is 1. The molecule has 0 fully saturated rings. The summed E-state index contributed by atoms with van der Waals surface area (Å²) >= 11 is 0. The van der Waals surface area contributed by atoms with Crippen LogP contribution < -0.4 is 5.32 Å². The average molecular weight is 322 g/mol. The summed E-state index contributed by atoms with van der Waals surface area (Å²) in [6.45, 7) is -0.505. The molecule has 0 radical (unpaired) electrons. The number of carbonyl (C=O) groups is 2. The van der Waals surface area contributed by atoms with Gasteiger partial charge in [0.2, 0.25) is 0 Å². The Morgan fingerprint density at radius 1 is 1.43 bits per heavy atom. The predicted octanol–water partition coefficient (Wildman–Crippen LogP) is -0.271. The molecule has 0 saturated heterocycles. The van der Waals surface area contributed by atoms with Crippen molar-refractivity contribution in [3.05, 3.63) is 47.5 Å². The number of halogens is 1. The number of aliphatic hydroxyl groups excluding tert-OH is 1. The average Bonchev–Trinajstić information content (AvgIpc) is 3.02. The monoisotopic (exact) mass is 322 g/mol. The molecule has 1 amide bonds. The van der Waals surface area contributed by atoms with Crippen LogP contribution in [0, 0.1) is 5.82 Å². The highest BCUT2D eigenvalue weighted by Crippen LogP contribution is 2.08. The van der Waals surface area contributed by atoms with E-state index in [1.807, 2.05) is 0 Å². The van der Waals surface area contributed by atoms with Gasteiger partial charge in [-0.2, -0.15) is 0 Å². The fraction of sp³-hybridized carbons (Fsp3) is 0.286. The van der Waals surface area contributed by atoms with Crippen molar-refractivity contribution in [1.29, 1.82) is 0 Å². The zero-order chi connectivity index (χ0) is 16.8. The van der Waals surface area contributed by atoms with Gasteiger partial charge in [-0.1, -0.05) is 23.4 Å². The first-order valence-corrected chi connectivity index (χ1v) is 6.68. The molecule has 23 heavy (non-hydrogen) atoms. The molecule has 2 rings (SSSR count). The standard InChI is InChI=1S/C14H15FN4O4/c1-23-14(22)12(8-20)16-13(21)11-7-19(18-17-11)6-9-4-2-3-5-10(9)15/h2-5,7,12,20H,6,8H2,1H3,(H,16,21)/t12-/m1/s1. The molecule has 0 spiro atoms. The van der Waals surface area contributed by atoms with Crippen LogP contribution in [-0.4, -0.2) is 51.7 Å². The number of esters is 1. The largest absolute Gasteiger partial charge is 0.467 e. The number of aromatic nitrogens is 3. The lowest BCUT2D eigenvalue weighted by Crippen LogP contribution is -2.44. The van der Waals surface area contributed by atoms with Crippen molar-refractivity contribution >= 4 is 11.9 Å². The molecular formula is C14H15FN4O4. The second-order valence-corrected chi connectivity index (χ2v) is 4.62. The number of nitrogens with one attached hydrogen (secondary N) is 1. The van der Waals surface area contributed by atoms with E-state index < -0.39 is 24.5 Å². The van der Waals surface area contributed by atoms with Crippen LogP contribution >= 0.6 is 0 Å². The molecule has 0 saturated carbocycles. The normalized spacial score (nSPS) is 11.8. The first kappa shape index (κ1) is 16.6. The number of rotatable bonds is 6. The van der Waals surface area contributed by atoms with Gasteiger partial charge >= 0.3 is 5.97 Å². The molecular weight excluding hydrogens is 307 g/mol. The minimum Gasteiger partial charge on any atom is -0.467 e. The molecule has 1 heterocycles. The van der Waals surface area contributed by atoms with Gasteiger partial charge in [0, 0.05) is 5.56 Å². The Labute approximate surface area is 130 Å². The van der Waals surface area contributed by atoms with Gasteiger partial charge in [-0.15, -0.1) is 5.10 Å². The van der Waals surface area contributed by atoms with E-state index in [4.69, 9.17) is 5.11 Å². The number of carbonyl (C=O) groups excluding carboxylic acids is 2. The number of hydrogen-bond acceptors (Lipinski definition) is 6. The molecule has 0 unspecified atom stereocenters. The van der Waals surface area contributed by atoms with Gasteiger partial charge in [0.15, 0.2) is 11.7 Å². The smallest absolute Gasteiger partial charge is 0.330 e. The minimum atomic E-state index is -1.19. The van der Waals surface area contributed by atoms with E-state index in [1.165, 1.54) is 16.9 Å². The van der Waals surface area contributed by atoms with E-state index in [9.17, 15) is 14.0 Å². The van der Waals surface area contributed by atoms with E-state index in [2.05, 4.69) is 20.4 Å². The summed E-state index contributed by atoms with van der Waals surface area (Å²) in [6, 6.07) is 4.98. The van der Waals surface area contributed by atoms with Gasteiger partial charge < -0.3 is 15.2 Å². The van der Waals surface area contributed by atoms with E-state index >= 15 is 0 Å². The molecule has 1 aromatic heterocycles. The highest BCUT2D eigenvalue weighted by atomic mass is 19.1. The van der Waals surface area contributed by atoms with Crippen LogP contribution in [-0.2, 0) is 16.1 Å². The third-order valence-electron chi connectivity index (χ3n) is 3.04. The molecule has 1 atom stereocenters. The number of nitrogens with zero attached hydrogens (tertiary/aromatic N) is 3. The molecule has 2 N–H and O–H groups in total. The number of hydrogen-bond donors (Lipinski definition) is 2. The Morgan fingerprint density at radius 2 is 2.17 bits per heavy atom. The van der Waals surface area contributed by atoms with E-state index in [0.717, 1.165) is 7.11 Å². The van der Waals surface area contributed by atoms with E-state index in [-0.39, 0.29) is 18.1 Å². The Kier molecular flexibility index (Phi) is 5.36. The first-order valence-electron chi connectivity index (χ1n) is 6.68. The van der Waals surface area contributed by atoms with Crippen LogP contribution in [0.2, 0.25) is 0 Å². The van der Waals surface area contributed by atoms with E-state index in [0.29, 0.717) is 5.56 Å². The van der Waals surface area contributed by atoms with Gasteiger partial charge in [0.1, 0.15) is 5.82 Å². The first-order chi connectivity index (χ1) is 11.0. The Hall–Kier alpha value is -2.81. The molecule has 9 heteroatoms. The van der Waals surface area contributed by atoms with Crippen LogP contribution in [0.4, 0.5) is 4.39 Å². The maximum absolute atomic E-state index is 13.6. The van der Waals surface area contributed by atoms with Crippen LogP contribution in [0.15, 0.2) is 30.5 Å². The Morgan fingerprint density at radius 3 is 2.83 bits per heavy atom. The van der Waals surface area contributed by atoms with Crippen molar-refractivity contribution in [3.63, 3.8) is 0 Å². The van der Waals surface area contributed by atoms with Crippen LogP contribution in [0.1, 0.15) is 16.1 Å². The summed E-state index contributed by atoms with van der Waals surface area (Å²) in [4.78, 5) is 23.3. The highest BCUT2D eigenvalue weighted by molar-refractivity contribution is 5.94. The van der Waals surface area contributed by atoms with Gasteiger partial charge in [-0.05, 0) is 6.07 Å². The molecule has 8 nitrogen and oxygen atoms in total. The molecule has 0 aliphatic rings. The predicted molar refractivity (Wildman–Crippen MR) is 75.9 cm³/mol. The summed E-state index contributed by atoms with van der Waals surface area (Å²) in [7, 11) is 1.14. The zero-order valence-corrected chi connectivity index (χ0v) is 12.3. The molecule has 122 valence electrons. The SMILES string of the molecule is COC(=O)[C@@H](CO)NC(=O)c1cn(Cc2ccccc2F)nn1. The highest BCUT2D eigenvalue weighted by Gasteiger charge is 2.22. The van der Waals surface area contributed by atoms with Crippen LogP contribution in [0.5, 0.6) is 0 Å². The summed E-state index contributed by atoms with van der Waals surface area (Å²) < 4.78 is 19.3. The Bertz CT molecular complexity index is 704. The topological polar surface area (TPSA) is 106 Å². The van der Waals surface area contributed by atoms with Crippen molar-refractivity contribution in [1.82, 2.24) is 20.3 Å². The lowest BCUT2D eigenvalue weighted by atomic mass is 10.2. The van der Waals surface area contributed by atoms with Gasteiger partial charge in [-0.25, -0.2) is 13.9 Å². The van der Waals surface area contributed by atoms with Crippen molar-refractivity contribution < 1.29 is 23.8 Å². The molecule has 1 aromatic carbocycles. The van der Waals surface area contributed by atoms with E-state index in [1.54, 1.807) is 18.2 Å². The van der Waals surface area contributed by atoms with Crippen molar-refractivity contribution in [2.24, 2.45) is 0 Å². The minimum absolute atomic E-state index is 0.0660. The number of aliphatic hydroxyl groups is 1.